The fraction of sp³-hybridized carbons (Fsp3) is 0.639. The van der Waals surface area contributed by atoms with Crippen molar-refractivity contribution in [2.24, 2.45) is 11.8 Å². The van der Waals surface area contributed by atoms with Crippen LogP contribution in [0.25, 0.3) is 0 Å². The first-order valence-electron chi connectivity index (χ1n) is 16.8. The largest absolute Gasteiger partial charge is 0.508 e. The highest BCUT2D eigenvalue weighted by Gasteiger charge is 2.67. The van der Waals surface area contributed by atoms with Crippen molar-refractivity contribution < 1.29 is 19.4 Å². The van der Waals surface area contributed by atoms with Crippen LogP contribution in [0.5, 0.6) is 17.2 Å². The summed E-state index contributed by atoms with van der Waals surface area (Å²) < 4.78 is 12.7. The molecule has 2 aromatic rings. The van der Waals surface area contributed by atoms with E-state index in [1.807, 2.05) is 0 Å². The third kappa shape index (κ3) is 4.93. The molecule has 2 saturated carbocycles. The SMILES string of the molecule is CCN(CCCCCCc1ccccc1)[C@@H]1CC[C@H]2[C@H]3Cc4c(O)cc(OC(C)=O)c5c4[C@@]2(CCN3CC2CC2)[C@H]1O5. The standard InChI is InChI=1S/C36H48N2O4/c1-3-37(19-10-5-4-7-11-25-12-8-6-9-13-25)29-17-16-28-30-21-27-31(40)22-32(41-24(2)39)34-33(27)36(28,35(29)42-34)18-20-38(30)23-26-14-15-26/h6,8-9,12-13,22,26,28-30,35,40H,3-5,7,10-11,14-21,23H2,1-2H3/t28-,29+,30+,35-,36-/m0/s1. The van der Waals surface area contributed by atoms with Crippen molar-refractivity contribution in [1.82, 2.24) is 9.80 Å². The molecule has 2 aliphatic heterocycles. The quantitative estimate of drug-likeness (QED) is 0.184. The van der Waals surface area contributed by atoms with Crippen LogP contribution in [0.1, 0.15) is 88.3 Å². The molecule has 1 N–H and O–H groups in total. The normalized spacial score (nSPS) is 29.3. The van der Waals surface area contributed by atoms with Crippen LogP contribution in [0.2, 0.25) is 0 Å². The summed E-state index contributed by atoms with van der Waals surface area (Å²) in [7, 11) is 0. The molecule has 5 atom stereocenters. The molecular weight excluding hydrogens is 524 g/mol. The molecule has 1 spiro atoms. The van der Waals surface area contributed by atoms with Crippen molar-refractivity contribution in [3.05, 3.63) is 53.1 Å². The molecule has 2 heterocycles. The molecule has 226 valence electrons. The number of phenols is 1. The molecule has 2 aromatic carbocycles. The fourth-order valence-electron chi connectivity index (χ4n) is 9.31. The molecular formula is C36H48N2O4. The van der Waals surface area contributed by atoms with E-state index < -0.39 is 0 Å². The predicted molar refractivity (Wildman–Crippen MR) is 164 cm³/mol. The second-order valence-electron chi connectivity index (χ2n) is 13.7. The smallest absolute Gasteiger partial charge is 0.308 e. The number of carbonyl (C=O) groups is 1. The number of nitrogens with zero attached hydrogens (tertiary/aromatic N) is 2. The monoisotopic (exact) mass is 572 g/mol. The van der Waals surface area contributed by atoms with E-state index in [9.17, 15) is 9.90 Å². The molecule has 6 nitrogen and oxygen atoms in total. The first-order valence-corrected chi connectivity index (χ1v) is 16.8. The van der Waals surface area contributed by atoms with Crippen LogP contribution in [0.4, 0.5) is 0 Å². The van der Waals surface area contributed by atoms with Crippen LogP contribution in [0, 0.1) is 11.8 Å². The molecule has 2 bridgehead atoms. The Balaban J connectivity index is 1.12. The maximum Gasteiger partial charge on any atom is 0.308 e. The van der Waals surface area contributed by atoms with Crippen molar-refractivity contribution in [1.29, 1.82) is 0 Å². The van der Waals surface area contributed by atoms with Gasteiger partial charge in [-0.3, -0.25) is 14.6 Å². The van der Waals surface area contributed by atoms with Gasteiger partial charge in [-0.05, 0) is 94.8 Å². The van der Waals surface area contributed by atoms with E-state index in [1.165, 1.54) is 69.5 Å². The van der Waals surface area contributed by atoms with Gasteiger partial charge in [0.25, 0.3) is 0 Å². The van der Waals surface area contributed by atoms with Gasteiger partial charge in [-0.2, -0.15) is 0 Å². The summed E-state index contributed by atoms with van der Waals surface area (Å²) in [4.78, 5) is 17.5. The average Bonchev–Trinajstić information content (AvgIpc) is 3.74. The summed E-state index contributed by atoms with van der Waals surface area (Å²) in [5, 5.41) is 11.3. The average molecular weight is 573 g/mol. The second-order valence-corrected chi connectivity index (χ2v) is 13.7. The summed E-state index contributed by atoms with van der Waals surface area (Å²) >= 11 is 0. The zero-order valence-electron chi connectivity index (χ0n) is 25.5. The van der Waals surface area contributed by atoms with Gasteiger partial charge in [0.1, 0.15) is 11.9 Å². The van der Waals surface area contributed by atoms with Crippen LogP contribution in [-0.2, 0) is 23.1 Å². The van der Waals surface area contributed by atoms with E-state index in [-0.39, 0.29) is 23.2 Å². The molecule has 7 rings (SSSR count). The van der Waals surface area contributed by atoms with Crippen molar-refractivity contribution in [3.8, 4) is 17.2 Å². The Morgan fingerprint density at radius 1 is 1.12 bits per heavy atom. The van der Waals surface area contributed by atoms with Gasteiger partial charge in [-0.25, -0.2) is 0 Å². The molecule has 3 fully saturated rings. The number of phenolic OH excluding ortho intramolecular Hbond substituents is 1. The van der Waals surface area contributed by atoms with Crippen molar-refractivity contribution in [2.75, 3.05) is 26.2 Å². The zero-order chi connectivity index (χ0) is 28.8. The van der Waals surface area contributed by atoms with Gasteiger partial charge in [0.15, 0.2) is 11.5 Å². The minimum Gasteiger partial charge on any atom is -0.508 e. The third-order valence-electron chi connectivity index (χ3n) is 11.3. The molecule has 6 heteroatoms. The van der Waals surface area contributed by atoms with E-state index >= 15 is 0 Å². The molecule has 0 unspecified atom stereocenters. The zero-order valence-corrected chi connectivity index (χ0v) is 25.5. The van der Waals surface area contributed by atoms with E-state index in [1.54, 1.807) is 6.07 Å². The van der Waals surface area contributed by atoms with Gasteiger partial charge in [0.05, 0.1) is 0 Å². The molecule has 42 heavy (non-hydrogen) atoms. The number of hydrogen-bond acceptors (Lipinski definition) is 6. The minimum atomic E-state index is -0.370. The van der Waals surface area contributed by atoms with Crippen molar-refractivity contribution >= 4 is 5.97 Å². The number of likely N-dealkylation sites (tertiary alicyclic amines) is 1. The van der Waals surface area contributed by atoms with Gasteiger partial charge in [0, 0.05) is 48.2 Å². The van der Waals surface area contributed by atoms with Crippen LogP contribution in [0.15, 0.2) is 36.4 Å². The van der Waals surface area contributed by atoms with Gasteiger partial charge < -0.3 is 14.6 Å². The summed E-state index contributed by atoms with van der Waals surface area (Å²) in [6.07, 6.45) is 13.2. The van der Waals surface area contributed by atoms with Crippen LogP contribution in [-0.4, -0.2) is 65.2 Å². The highest BCUT2D eigenvalue weighted by molar-refractivity contribution is 5.73. The Hall–Kier alpha value is -2.57. The number of carbonyl (C=O) groups excluding carboxylic acids is 1. The van der Waals surface area contributed by atoms with Crippen LogP contribution < -0.4 is 9.47 Å². The minimum absolute atomic E-state index is 0.0324. The third-order valence-corrected chi connectivity index (χ3v) is 11.3. The number of unbranched alkanes of at least 4 members (excludes halogenated alkanes) is 3. The van der Waals surface area contributed by atoms with Crippen LogP contribution in [0.3, 0.4) is 0 Å². The number of ether oxygens (including phenoxy) is 2. The summed E-state index contributed by atoms with van der Waals surface area (Å²) in [6, 6.07) is 13.3. The van der Waals surface area contributed by atoms with Crippen molar-refractivity contribution in [2.45, 2.75) is 108 Å². The topological polar surface area (TPSA) is 62.2 Å². The Bertz CT molecular complexity index is 1290. The van der Waals surface area contributed by atoms with Gasteiger partial charge >= 0.3 is 5.97 Å². The number of esters is 1. The lowest BCUT2D eigenvalue weighted by molar-refractivity contribution is -0.132. The van der Waals surface area contributed by atoms with E-state index in [0.717, 1.165) is 62.5 Å². The van der Waals surface area contributed by atoms with E-state index in [2.05, 4.69) is 47.1 Å². The maximum atomic E-state index is 12.1. The number of piperidine rings is 1. The molecule has 0 radical (unpaired) electrons. The van der Waals surface area contributed by atoms with Gasteiger partial charge in [0.2, 0.25) is 0 Å². The Kier molecular flexibility index (Phi) is 7.72. The summed E-state index contributed by atoms with van der Waals surface area (Å²) in [5.74, 6) is 2.42. The lowest BCUT2D eigenvalue weighted by Gasteiger charge is -2.60. The number of benzene rings is 2. The molecule has 0 amide bonds. The molecule has 1 saturated heterocycles. The number of rotatable bonds is 12. The fourth-order valence-corrected chi connectivity index (χ4v) is 9.31. The first-order chi connectivity index (χ1) is 20.5. The predicted octanol–water partition coefficient (Wildman–Crippen LogP) is 6.26. The Labute approximate surface area is 251 Å². The lowest BCUT2D eigenvalue weighted by atomic mass is 9.50. The Morgan fingerprint density at radius 3 is 2.69 bits per heavy atom. The molecule has 0 aromatic heterocycles. The lowest BCUT2D eigenvalue weighted by Crippen LogP contribution is -2.69. The molecule has 5 aliphatic rings. The Morgan fingerprint density at radius 2 is 1.93 bits per heavy atom. The van der Waals surface area contributed by atoms with Crippen LogP contribution >= 0.6 is 0 Å². The number of aryl methyl sites for hydroxylation is 1. The summed E-state index contributed by atoms with van der Waals surface area (Å²) in [6.45, 7) is 8.12. The van der Waals surface area contributed by atoms with Gasteiger partial charge in [-0.15, -0.1) is 0 Å². The highest BCUT2D eigenvalue weighted by atomic mass is 16.6. The number of hydrogen-bond donors (Lipinski definition) is 1. The highest BCUT2D eigenvalue weighted by Crippen LogP contribution is 2.66. The summed E-state index contributed by atoms with van der Waals surface area (Å²) in [5.41, 5.74) is 3.55. The number of likely N-dealkylation sites (N-methyl/N-ethyl adjacent to an activating group) is 1. The second kappa shape index (κ2) is 11.5. The molecule has 3 aliphatic carbocycles. The first kappa shape index (κ1) is 28.2. The van der Waals surface area contributed by atoms with E-state index in [0.29, 0.717) is 23.8 Å². The number of aromatic hydroxyl groups is 1. The van der Waals surface area contributed by atoms with Gasteiger partial charge in [-0.1, -0.05) is 50.1 Å². The van der Waals surface area contributed by atoms with E-state index in [4.69, 9.17) is 9.47 Å². The maximum absolute atomic E-state index is 12.1. The van der Waals surface area contributed by atoms with Crippen molar-refractivity contribution in [3.63, 3.8) is 0 Å².